The number of carbonyl (C=O) groups excluding carboxylic acids is 1. The number of H-pyrrole nitrogens is 1. The zero-order valence-corrected chi connectivity index (χ0v) is 20.6. The largest absolute Gasteiger partial charge is 0.497 e. The number of aromatic nitrogens is 2. The molecule has 2 aliphatic carbocycles. The number of nitrogens with zero attached hydrogens (tertiary/aromatic N) is 1. The molecule has 6 nitrogen and oxygen atoms in total. The van der Waals surface area contributed by atoms with Crippen molar-refractivity contribution in [3.05, 3.63) is 35.7 Å². The number of hydrogen-bond donors (Lipinski definition) is 3. The molecule has 2 amide bonds. The van der Waals surface area contributed by atoms with Crippen molar-refractivity contribution in [1.82, 2.24) is 20.6 Å². The minimum atomic E-state index is -0.00436. The van der Waals surface area contributed by atoms with Crippen LogP contribution in [0.25, 0.3) is 11.0 Å². The fraction of sp³-hybridized carbons (Fsp3) is 0.630. The number of carbonyl (C=O) groups is 1. The fourth-order valence-corrected chi connectivity index (χ4v) is 5.70. The zero-order chi connectivity index (χ0) is 23.4. The second kappa shape index (κ2) is 10.6. The normalized spacial score (nSPS) is 24.0. The van der Waals surface area contributed by atoms with Crippen LogP contribution >= 0.6 is 0 Å². The molecule has 1 heterocycles. The molecule has 1 saturated carbocycles. The second-order valence-corrected chi connectivity index (χ2v) is 10.4. The lowest BCUT2D eigenvalue weighted by Gasteiger charge is -2.37. The van der Waals surface area contributed by atoms with Gasteiger partial charge in [0.05, 0.1) is 18.1 Å². The number of urea groups is 1. The first-order chi connectivity index (χ1) is 15.9. The first-order valence-corrected chi connectivity index (χ1v) is 12.7. The highest BCUT2D eigenvalue weighted by Crippen LogP contribution is 2.38. The molecule has 0 radical (unpaired) electrons. The summed E-state index contributed by atoms with van der Waals surface area (Å²) >= 11 is 0. The number of ether oxygens (including phenoxy) is 1. The maximum absolute atomic E-state index is 12.5. The van der Waals surface area contributed by atoms with Crippen LogP contribution in [-0.4, -0.2) is 35.7 Å². The Kier molecular flexibility index (Phi) is 7.61. The van der Waals surface area contributed by atoms with Crippen molar-refractivity contribution >= 4 is 17.1 Å². The molecule has 0 aliphatic heterocycles. The van der Waals surface area contributed by atoms with Crippen LogP contribution in [-0.2, 0) is 6.42 Å². The molecule has 0 spiro atoms. The van der Waals surface area contributed by atoms with Crippen molar-refractivity contribution in [3.63, 3.8) is 0 Å². The molecule has 1 aromatic carbocycles. The highest BCUT2D eigenvalue weighted by Gasteiger charge is 2.32. The minimum Gasteiger partial charge on any atom is -0.497 e. The van der Waals surface area contributed by atoms with E-state index in [9.17, 15) is 4.79 Å². The number of nitrogens with one attached hydrogen (secondary N) is 3. The van der Waals surface area contributed by atoms with Gasteiger partial charge >= 0.3 is 6.03 Å². The summed E-state index contributed by atoms with van der Waals surface area (Å²) in [6.07, 6.45) is 10.4. The van der Waals surface area contributed by atoms with Gasteiger partial charge in [-0.3, -0.25) is 0 Å². The van der Waals surface area contributed by atoms with Gasteiger partial charge in [0.15, 0.2) is 0 Å². The Bertz CT molecular complexity index is 974. The van der Waals surface area contributed by atoms with Crippen LogP contribution in [0.15, 0.2) is 29.8 Å². The standard InChI is InChI=1S/C27H40N4O2/c1-17(2)23-13-19(14-26-30-24-11-10-22(33-4)15-25(24)31-26)18(3)12-20(23)16-28-27(32)29-21-8-6-5-7-9-21/h10-12,15,17,19-21,23H,5-9,13-14,16H2,1-4H3,(H,30,31)(H2,28,29,32)/t19-,20-,23-/m0/s1. The first kappa shape index (κ1) is 23.7. The Morgan fingerprint density at radius 1 is 1.24 bits per heavy atom. The van der Waals surface area contributed by atoms with Crippen LogP contribution < -0.4 is 15.4 Å². The second-order valence-electron chi connectivity index (χ2n) is 10.4. The molecule has 2 aliphatic rings. The lowest BCUT2D eigenvalue weighted by molar-refractivity contribution is 0.210. The van der Waals surface area contributed by atoms with E-state index in [1.54, 1.807) is 7.11 Å². The van der Waals surface area contributed by atoms with Gasteiger partial charge in [-0.1, -0.05) is 44.8 Å². The number of aromatic amines is 1. The summed E-state index contributed by atoms with van der Waals surface area (Å²) in [6.45, 7) is 7.55. The van der Waals surface area contributed by atoms with Gasteiger partial charge in [-0.25, -0.2) is 9.78 Å². The number of amides is 2. The van der Waals surface area contributed by atoms with E-state index in [2.05, 4.69) is 42.5 Å². The van der Waals surface area contributed by atoms with E-state index in [1.807, 2.05) is 18.2 Å². The Hall–Kier alpha value is -2.50. The molecular weight excluding hydrogens is 412 g/mol. The maximum atomic E-state index is 12.5. The highest BCUT2D eigenvalue weighted by atomic mass is 16.5. The van der Waals surface area contributed by atoms with Crippen LogP contribution in [0.2, 0.25) is 0 Å². The Morgan fingerprint density at radius 2 is 2.03 bits per heavy atom. The summed E-state index contributed by atoms with van der Waals surface area (Å²) in [5.41, 5.74) is 3.41. The van der Waals surface area contributed by atoms with Gasteiger partial charge in [0.2, 0.25) is 0 Å². The predicted molar refractivity (Wildman–Crippen MR) is 133 cm³/mol. The molecule has 3 atom stereocenters. The van der Waals surface area contributed by atoms with Crippen LogP contribution in [0.3, 0.4) is 0 Å². The van der Waals surface area contributed by atoms with E-state index in [-0.39, 0.29) is 6.03 Å². The molecule has 0 unspecified atom stereocenters. The van der Waals surface area contributed by atoms with Crippen LogP contribution in [0.1, 0.15) is 65.1 Å². The van der Waals surface area contributed by atoms with Crippen molar-refractivity contribution in [2.75, 3.05) is 13.7 Å². The predicted octanol–water partition coefficient (Wildman–Crippen LogP) is 5.60. The Balaban J connectivity index is 1.39. The van der Waals surface area contributed by atoms with Crippen molar-refractivity contribution in [3.8, 4) is 5.75 Å². The summed E-state index contributed by atoms with van der Waals surface area (Å²) in [4.78, 5) is 20.8. The maximum Gasteiger partial charge on any atom is 0.315 e. The topological polar surface area (TPSA) is 79.0 Å². The molecular formula is C27H40N4O2. The van der Waals surface area contributed by atoms with Crippen molar-refractivity contribution in [2.45, 2.75) is 71.8 Å². The number of rotatable bonds is 7. The van der Waals surface area contributed by atoms with E-state index in [1.165, 1.54) is 24.8 Å². The molecule has 33 heavy (non-hydrogen) atoms. The third kappa shape index (κ3) is 5.90. The quantitative estimate of drug-likeness (QED) is 0.478. The first-order valence-electron chi connectivity index (χ1n) is 12.7. The number of hydrogen-bond acceptors (Lipinski definition) is 3. The lowest BCUT2D eigenvalue weighted by Crippen LogP contribution is -2.45. The molecule has 3 N–H and O–H groups in total. The van der Waals surface area contributed by atoms with Gasteiger partial charge in [0.1, 0.15) is 11.6 Å². The van der Waals surface area contributed by atoms with Gasteiger partial charge in [0.25, 0.3) is 0 Å². The molecule has 6 heteroatoms. The van der Waals surface area contributed by atoms with Gasteiger partial charge in [-0.15, -0.1) is 0 Å². The van der Waals surface area contributed by atoms with Gasteiger partial charge in [-0.2, -0.15) is 0 Å². The monoisotopic (exact) mass is 452 g/mol. The average Bonchev–Trinajstić information content (AvgIpc) is 3.21. The SMILES string of the molecule is COc1ccc2nc(C[C@@H]3C[C@@H](C(C)C)[C@H](CNC(=O)NC4CCCCC4)C=C3C)[nH]c2c1. The van der Waals surface area contributed by atoms with E-state index >= 15 is 0 Å². The molecule has 1 fully saturated rings. The Morgan fingerprint density at radius 3 is 2.76 bits per heavy atom. The van der Waals surface area contributed by atoms with Crippen molar-refractivity contribution < 1.29 is 9.53 Å². The third-order valence-corrected chi connectivity index (χ3v) is 7.70. The summed E-state index contributed by atoms with van der Waals surface area (Å²) < 4.78 is 5.34. The average molecular weight is 453 g/mol. The summed E-state index contributed by atoms with van der Waals surface area (Å²) in [6, 6.07) is 6.31. The number of fused-ring (bicyclic) bond motifs is 1. The summed E-state index contributed by atoms with van der Waals surface area (Å²) in [7, 11) is 1.69. The number of allylic oxidation sites excluding steroid dienone is 1. The third-order valence-electron chi connectivity index (χ3n) is 7.70. The molecule has 1 aromatic heterocycles. The highest BCUT2D eigenvalue weighted by molar-refractivity contribution is 5.76. The molecule has 0 bridgehead atoms. The summed E-state index contributed by atoms with van der Waals surface area (Å²) in [5, 5.41) is 6.36. The smallest absolute Gasteiger partial charge is 0.315 e. The zero-order valence-electron chi connectivity index (χ0n) is 20.6. The molecule has 4 rings (SSSR count). The lowest BCUT2D eigenvalue weighted by atomic mass is 9.70. The molecule has 0 saturated heterocycles. The van der Waals surface area contributed by atoms with Gasteiger partial charge < -0.3 is 20.4 Å². The number of benzene rings is 1. The van der Waals surface area contributed by atoms with E-state index in [0.29, 0.717) is 36.3 Å². The summed E-state index contributed by atoms with van der Waals surface area (Å²) in [5.74, 6) is 3.81. The molecule has 180 valence electrons. The van der Waals surface area contributed by atoms with Crippen LogP contribution in [0, 0.1) is 23.7 Å². The van der Waals surface area contributed by atoms with E-state index in [4.69, 9.17) is 9.72 Å². The van der Waals surface area contributed by atoms with E-state index in [0.717, 1.165) is 48.3 Å². The van der Waals surface area contributed by atoms with Gasteiger partial charge in [0, 0.05) is 25.1 Å². The van der Waals surface area contributed by atoms with Crippen molar-refractivity contribution in [1.29, 1.82) is 0 Å². The molecule has 2 aromatic rings. The van der Waals surface area contributed by atoms with Crippen LogP contribution in [0.5, 0.6) is 5.75 Å². The Labute approximate surface area is 198 Å². The number of imidazole rings is 1. The van der Waals surface area contributed by atoms with Crippen LogP contribution in [0.4, 0.5) is 4.79 Å². The minimum absolute atomic E-state index is 0.00436. The fourth-order valence-electron chi connectivity index (χ4n) is 5.70. The van der Waals surface area contributed by atoms with E-state index < -0.39 is 0 Å². The van der Waals surface area contributed by atoms with Gasteiger partial charge in [-0.05, 0) is 62.0 Å². The van der Waals surface area contributed by atoms with Crippen molar-refractivity contribution in [2.24, 2.45) is 23.7 Å². The number of methoxy groups -OCH3 is 1.